The van der Waals surface area contributed by atoms with Crippen LogP contribution in [0.3, 0.4) is 0 Å². The number of hydrogen-bond acceptors (Lipinski definition) is 4. The van der Waals surface area contributed by atoms with E-state index in [0.717, 1.165) is 12.1 Å². The molecule has 0 radical (unpaired) electrons. The zero-order valence-electron chi connectivity index (χ0n) is 11.6. The van der Waals surface area contributed by atoms with Gasteiger partial charge in [0, 0.05) is 36.9 Å². The lowest BCUT2D eigenvalue weighted by Gasteiger charge is -2.15. The fraction of sp³-hybridized carbons (Fsp3) is 0.385. The molecular formula is C13H19N3O2S2. The maximum Gasteiger partial charge on any atom is 0.244 e. The lowest BCUT2D eigenvalue weighted by molar-refractivity contribution is 0.473. The van der Waals surface area contributed by atoms with Gasteiger partial charge in [-0.1, -0.05) is 6.07 Å². The normalized spacial score (nSPS) is 12.2. The number of nitrogens with one attached hydrogen (secondary N) is 2. The van der Waals surface area contributed by atoms with Gasteiger partial charge in [-0.15, -0.1) is 11.3 Å². The third kappa shape index (κ3) is 3.49. The zero-order chi connectivity index (χ0) is 14.6. The van der Waals surface area contributed by atoms with Crippen molar-refractivity contribution in [2.24, 2.45) is 0 Å². The summed E-state index contributed by atoms with van der Waals surface area (Å²) in [4.78, 5) is 4.48. The molecule has 110 valence electrons. The number of aromatic amines is 1. The van der Waals surface area contributed by atoms with Crippen molar-refractivity contribution in [3.05, 3.63) is 40.3 Å². The molecule has 2 rings (SSSR count). The number of hydrogen-bond donors (Lipinski definition) is 2. The van der Waals surface area contributed by atoms with E-state index in [0.29, 0.717) is 18.0 Å². The van der Waals surface area contributed by atoms with E-state index in [9.17, 15) is 8.42 Å². The van der Waals surface area contributed by atoms with Crippen LogP contribution in [0.4, 0.5) is 0 Å². The summed E-state index contributed by atoms with van der Waals surface area (Å²) >= 11 is 1.65. The summed E-state index contributed by atoms with van der Waals surface area (Å²) in [6.07, 6.45) is 2.28. The SMILES string of the molecule is CNCc1cc(S(=O)(=O)N(C)CCc2cccs2)c[nH]1. The second-order valence-corrected chi connectivity index (χ2v) is 7.62. The minimum absolute atomic E-state index is 0.316. The third-order valence-electron chi connectivity index (χ3n) is 3.04. The maximum atomic E-state index is 12.4. The first-order valence-electron chi connectivity index (χ1n) is 6.34. The van der Waals surface area contributed by atoms with Gasteiger partial charge in [-0.05, 0) is 31.0 Å². The first-order valence-corrected chi connectivity index (χ1v) is 8.66. The van der Waals surface area contributed by atoms with Gasteiger partial charge >= 0.3 is 0 Å². The molecule has 2 aromatic rings. The zero-order valence-corrected chi connectivity index (χ0v) is 13.2. The molecule has 0 fully saturated rings. The van der Waals surface area contributed by atoms with E-state index in [-0.39, 0.29) is 0 Å². The molecule has 0 atom stereocenters. The number of thiophene rings is 1. The summed E-state index contributed by atoms with van der Waals surface area (Å²) in [5, 5.41) is 4.98. The van der Waals surface area contributed by atoms with Crippen LogP contribution in [-0.4, -0.2) is 38.3 Å². The van der Waals surface area contributed by atoms with Crippen LogP contribution >= 0.6 is 11.3 Å². The molecule has 0 saturated carbocycles. The third-order valence-corrected chi connectivity index (χ3v) is 5.82. The van der Waals surface area contributed by atoms with Crippen molar-refractivity contribution in [1.29, 1.82) is 0 Å². The van der Waals surface area contributed by atoms with E-state index in [4.69, 9.17) is 0 Å². The Kier molecular flexibility index (Phi) is 4.98. The Morgan fingerprint density at radius 2 is 2.25 bits per heavy atom. The van der Waals surface area contributed by atoms with E-state index in [1.54, 1.807) is 30.6 Å². The Bertz CT molecular complexity index is 632. The lowest BCUT2D eigenvalue weighted by Crippen LogP contribution is -2.28. The first kappa shape index (κ1) is 15.2. The summed E-state index contributed by atoms with van der Waals surface area (Å²) in [6, 6.07) is 5.67. The van der Waals surface area contributed by atoms with Gasteiger partial charge in [0.2, 0.25) is 10.0 Å². The topological polar surface area (TPSA) is 65.2 Å². The van der Waals surface area contributed by atoms with Gasteiger partial charge in [0.15, 0.2) is 0 Å². The predicted octanol–water partition coefficient (Wildman–Crippen LogP) is 1.66. The average molecular weight is 313 g/mol. The van der Waals surface area contributed by atoms with Gasteiger partial charge in [0.25, 0.3) is 0 Å². The fourth-order valence-electron chi connectivity index (χ4n) is 1.88. The Balaban J connectivity index is 2.04. The van der Waals surface area contributed by atoms with Crippen molar-refractivity contribution >= 4 is 21.4 Å². The lowest BCUT2D eigenvalue weighted by atomic mass is 10.3. The highest BCUT2D eigenvalue weighted by Crippen LogP contribution is 2.17. The summed E-state index contributed by atoms with van der Waals surface area (Å²) in [6.45, 7) is 1.10. The molecule has 0 spiro atoms. The number of H-pyrrole nitrogens is 1. The van der Waals surface area contributed by atoms with Crippen LogP contribution in [0.5, 0.6) is 0 Å². The second-order valence-electron chi connectivity index (χ2n) is 4.55. The summed E-state index contributed by atoms with van der Waals surface area (Å²) in [5.74, 6) is 0. The summed E-state index contributed by atoms with van der Waals surface area (Å²) in [7, 11) is 0.0296. The molecule has 0 saturated heterocycles. The molecule has 7 heteroatoms. The van der Waals surface area contributed by atoms with Crippen LogP contribution in [0.15, 0.2) is 34.7 Å². The van der Waals surface area contributed by atoms with Gasteiger partial charge in [-0.25, -0.2) is 12.7 Å². The highest BCUT2D eigenvalue weighted by Gasteiger charge is 2.21. The van der Waals surface area contributed by atoms with Gasteiger partial charge in [0.05, 0.1) is 4.90 Å². The number of rotatable bonds is 7. The highest BCUT2D eigenvalue weighted by atomic mass is 32.2. The van der Waals surface area contributed by atoms with Gasteiger partial charge in [-0.2, -0.15) is 0 Å². The van der Waals surface area contributed by atoms with E-state index in [1.165, 1.54) is 9.18 Å². The Hall–Kier alpha value is -1.15. The first-order chi connectivity index (χ1) is 9.54. The van der Waals surface area contributed by atoms with Crippen molar-refractivity contribution < 1.29 is 8.42 Å². The number of aromatic nitrogens is 1. The second kappa shape index (κ2) is 6.53. The van der Waals surface area contributed by atoms with Crippen LogP contribution in [0, 0.1) is 0 Å². The summed E-state index contributed by atoms with van der Waals surface area (Å²) < 4.78 is 26.2. The molecule has 0 amide bonds. The van der Waals surface area contributed by atoms with Crippen molar-refractivity contribution in [2.45, 2.75) is 17.9 Å². The van der Waals surface area contributed by atoms with Crippen molar-refractivity contribution in [1.82, 2.24) is 14.6 Å². The van der Waals surface area contributed by atoms with Crippen LogP contribution in [0.1, 0.15) is 10.6 Å². The number of sulfonamides is 1. The minimum atomic E-state index is -3.41. The molecule has 0 aliphatic carbocycles. The van der Waals surface area contributed by atoms with Crippen molar-refractivity contribution in [2.75, 3.05) is 20.6 Å². The van der Waals surface area contributed by atoms with Gasteiger partial charge in [-0.3, -0.25) is 0 Å². The van der Waals surface area contributed by atoms with E-state index >= 15 is 0 Å². The van der Waals surface area contributed by atoms with E-state index in [2.05, 4.69) is 10.3 Å². The van der Waals surface area contributed by atoms with Gasteiger partial charge < -0.3 is 10.3 Å². The van der Waals surface area contributed by atoms with Crippen molar-refractivity contribution in [3.8, 4) is 0 Å². The largest absolute Gasteiger partial charge is 0.363 e. The van der Waals surface area contributed by atoms with E-state index in [1.807, 2.05) is 24.6 Å². The van der Waals surface area contributed by atoms with Gasteiger partial charge in [0.1, 0.15) is 0 Å². The molecule has 5 nitrogen and oxygen atoms in total. The van der Waals surface area contributed by atoms with Crippen LogP contribution in [0.25, 0.3) is 0 Å². The smallest absolute Gasteiger partial charge is 0.244 e. The van der Waals surface area contributed by atoms with E-state index < -0.39 is 10.0 Å². The molecule has 0 aliphatic rings. The highest BCUT2D eigenvalue weighted by molar-refractivity contribution is 7.89. The summed E-state index contributed by atoms with van der Waals surface area (Å²) in [5.41, 5.74) is 0.859. The van der Waals surface area contributed by atoms with Crippen LogP contribution in [0.2, 0.25) is 0 Å². The number of likely N-dealkylation sites (N-methyl/N-ethyl adjacent to an activating group) is 1. The quantitative estimate of drug-likeness (QED) is 0.817. The predicted molar refractivity (Wildman–Crippen MR) is 81.4 cm³/mol. The van der Waals surface area contributed by atoms with Crippen molar-refractivity contribution in [3.63, 3.8) is 0 Å². The molecule has 0 aromatic carbocycles. The average Bonchev–Trinajstić information content (AvgIpc) is 3.07. The monoisotopic (exact) mass is 313 g/mol. The Morgan fingerprint density at radius 3 is 2.90 bits per heavy atom. The Labute approximate surface area is 123 Å². The Morgan fingerprint density at radius 1 is 1.45 bits per heavy atom. The number of nitrogens with zero attached hydrogens (tertiary/aromatic N) is 1. The molecule has 2 N–H and O–H groups in total. The molecular weight excluding hydrogens is 294 g/mol. The fourth-order valence-corrected chi connectivity index (χ4v) is 3.77. The molecule has 20 heavy (non-hydrogen) atoms. The molecule has 0 bridgehead atoms. The van der Waals surface area contributed by atoms with Crippen LogP contribution < -0.4 is 5.32 Å². The minimum Gasteiger partial charge on any atom is -0.363 e. The van der Waals surface area contributed by atoms with Crippen LogP contribution in [-0.2, 0) is 23.0 Å². The standard InChI is InChI=1S/C13H19N3O2S2/c1-14-9-11-8-13(10-15-11)20(17,18)16(2)6-5-12-4-3-7-19-12/h3-4,7-8,10,14-15H,5-6,9H2,1-2H3. The molecule has 2 heterocycles. The maximum absolute atomic E-state index is 12.4. The molecule has 0 aliphatic heterocycles. The molecule has 0 unspecified atom stereocenters. The molecule has 2 aromatic heterocycles.